The molecule has 3 aliphatic rings. The molecule has 0 saturated carbocycles. The SMILES string of the molecule is CC[C@H]1OC(=O)[C@H](C)[C@@H](OC2CC(C)(OC)C(O)C(C)O2)[C@H](C)[C@@H](OC2OC(C)CC([NH+](C)C)C2O)[C@](C)(OC)C[C@@H](C)C(=O)[C@H](C)[C@@H](O)[C@]1(C)O. The minimum Gasteiger partial charge on any atom is -0.459 e. The summed E-state index contributed by atoms with van der Waals surface area (Å²) < 4.78 is 43.9. The van der Waals surface area contributed by atoms with Gasteiger partial charge in [-0.3, -0.25) is 9.59 Å². The first-order valence-electron chi connectivity index (χ1n) is 19.0. The van der Waals surface area contributed by atoms with Crippen LogP contribution in [0.2, 0.25) is 0 Å². The number of aliphatic hydroxyl groups excluding tert-OH is 3. The molecule has 0 radical (unpaired) electrons. The Hall–Kier alpha value is -1.30. The summed E-state index contributed by atoms with van der Waals surface area (Å²) in [7, 11) is 6.94. The molecule has 14 nitrogen and oxygen atoms in total. The highest BCUT2D eigenvalue weighted by Crippen LogP contribution is 2.41. The molecule has 3 fully saturated rings. The molecule has 0 spiro atoms. The second-order valence-electron chi connectivity index (χ2n) is 16.8. The lowest BCUT2D eigenvalue weighted by atomic mass is 9.74. The fraction of sp³-hybridized carbons (Fsp3) is 0.947. The number of rotatable bonds is 8. The lowest BCUT2D eigenvalue weighted by molar-refractivity contribution is -0.893. The van der Waals surface area contributed by atoms with Crippen LogP contribution in [0, 0.1) is 23.7 Å². The molecule has 14 heteroatoms. The van der Waals surface area contributed by atoms with Crippen LogP contribution in [0.5, 0.6) is 0 Å². The van der Waals surface area contributed by atoms with Crippen LogP contribution in [0.15, 0.2) is 0 Å². The zero-order valence-electron chi connectivity index (χ0n) is 34.0. The third-order valence-corrected chi connectivity index (χ3v) is 12.4. The number of quaternary nitrogens is 1. The van der Waals surface area contributed by atoms with Gasteiger partial charge in [0.2, 0.25) is 0 Å². The van der Waals surface area contributed by atoms with Crippen LogP contribution >= 0.6 is 0 Å². The standard InChI is InChI=1S/C38H69NO13/c1-15-26-38(10,45)31(42)21(4)28(40)19(2)17-37(9,47-14)33(52-35-29(41)25(39(11)12)16-20(3)48-35)22(5)30(23(6)34(44)50-26)51-27-18-36(8,46-13)32(43)24(7)49-27/h19-27,29-33,35,41-43,45H,15-18H2,1-14H3/p+1/t19-,20?,21+,22+,23-,24?,25?,26-,27?,29?,30+,31-,32?,33-,35?,36?,37-,38-/m1/s1. The molecule has 3 rings (SSSR count). The Morgan fingerprint density at radius 1 is 0.846 bits per heavy atom. The molecule has 0 aliphatic carbocycles. The van der Waals surface area contributed by atoms with Gasteiger partial charge in [0, 0.05) is 44.8 Å². The minimum atomic E-state index is -1.96. The van der Waals surface area contributed by atoms with E-state index < -0.39 is 102 Å². The fourth-order valence-corrected chi connectivity index (χ4v) is 8.67. The molecule has 0 aromatic heterocycles. The summed E-state index contributed by atoms with van der Waals surface area (Å²) in [5, 5.41) is 45.6. The summed E-state index contributed by atoms with van der Waals surface area (Å²) in [6, 6.07) is -0.200. The smallest absolute Gasteiger partial charge is 0.311 e. The molecule has 3 aliphatic heterocycles. The predicted molar refractivity (Wildman–Crippen MR) is 190 cm³/mol. The highest BCUT2D eigenvalue weighted by molar-refractivity contribution is 5.83. The molecule has 0 amide bonds. The van der Waals surface area contributed by atoms with Gasteiger partial charge in [0.25, 0.3) is 0 Å². The van der Waals surface area contributed by atoms with E-state index in [1.807, 2.05) is 27.9 Å². The molecular formula is C38H70NO13+. The Labute approximate surface area is 310 Å². The average Bonchev–Trinajstić information content (AvgIpc) is 3.09. The summed E-state index contributed by atoms with van der Waals surface area (Å²) >= 11 is 0. The predicted octanol–water partition coefficient (Wildman–Crippen LogP) is 1.02. The summed E-state index contributed by atoms with van der Waals surface area (Å²) in [4.78, 5) is 29.2. The van der Waals surface area contributed by atoms with E-state index >= 15 is 0 Å². The van der Waals surface area contributed by atoms with E-state index in [4.69, 9.17) is 33.2 Å². The molecule has 5 N–H and O–H groups in total. The van der Waals surface area contributed by atoms with E-state index in [0.29, 0.717) is 6.42 Å². The van der Waals surface area contributed by atoms with Gasteiger partial charge in [0.1, 0.15) is 29.6 Å². The second-order valence-corrected chi connectivity index (χ2v) is 16.8. The quantitative estimate of drug-likeness (QED) is 0.222. The average molecular weight is 749 g/mol. The normalized spacial score (nSPS) is 49.0. The summed E-state index contributed by atoms with van der Waals surface area (Å²) in [5.74, 6) is -4.44. The first-order valence-corrected chi connectivity index (χ1v) is 19.0. The number of nitrogens with one attached hydrogen (secondary N) is 1. The van der Waals surface area contributed by atoms with E-state index in [2.05, 4.69) is 0 Å². The maximum absolute atomic E-state index is 14.2. The van der Waals surface area contributed by atoms with Crippen molar-refractivity contribution in [2.75, 3.05) is 28.3 Å². The number of Topliss-reactive ketones (excluding diaryl/α,β-unsaturated/α-hetero) is 1. The summed E-state index contributed by atoms with van der Waals surface area (Å²) in [6.07, 6.45) is -8.58. The topological polar surface area (TPSA) is 184 Å². The van der Waals surface area contributed by atoms with Crippen molar-refractivity contribution in [3.05, 3.63) is 0 Å². The number of likely N-dealkylation sites (N-methyl/N-ethyl adjacent to an activating group) is 1. The van der Waals surface area contributed by atoms with Crippen molar-refractivity contribution in [2.24, 2.45) is 23.7 Å². The Kier molecular flexibility index (Phi) is 15.3. The zero-order chi connectivity index (χ0) is 39.7. The van der Waals surface area contributed by atoms with Crippen molar-refractivity contribution >= 4 is 11.8 Å². The minimum absolute atomic E-state index is 0.116. The van der Waals surface area contributed by atoms with Crippen molar-refractivity contribution in [3.63, 3.8) is 0 Å². The van der Waals surface area contributed by atoms with Crippen LogP contribution in [0.4, 0.5) is 0 Å². The van der Waals surface area contributed by atoms with Crippen LogP contribution in [0.25, 0.3) is 0 Å². The number of esters is 1. The van der Waals surface area contributed by atoms with Crippen LogP contribution in [0.1, 0.15) is 94.9 Å². The Morgan fingerprint density at radius 2 is 1.44 bits per heavy atom. The van der Waals surface area contributed by atoms with E-state index in [0.717, 1.165) is 4.90 Å². The highest BCUT2D eigenvalue weighted by Gasteiger charge is 2.54. The molecule has 8 unspecified atom stereocenters. The lowest BCUT2D eigenvalue weighted by Crippen LogP contribution is -3.12. The molecule has 304 valence electrons. The van der Waals surface area contributed by atoms with Crippen LogP contribution < -0.4 is 4.90 Å². The number of ketones is 1. The molecular weight excluding hydrogens is 678 g/mol. The molecule has 0 aromatic rings. The van der Waals surface area contributed by atoms with Crippen LogP contribution in [-0.2, 0) is 42.7 Å². The Morgan fingerprint density at radius 3 is 1.98 bits per heavy atom. The van der Waals surface area contributed by atoms with Gasteiger partial charge in [-0.25, -0.2) is 0 Å². The van der Waals surface area contributed by atoms with Crippen LogP contribution in [0.3, 0.4) is 0 Å². The third-order valence-electron chi connectivity index (χ3n) is 12.4. The van der Waals surface area contributed by atoms with Crippen molar-refractivity contribution in [1.82, 2.24) is 0 Å². The third kappa shape index (κ3) is 9.38. The second kappa shape index (κ2) is 17.7. The zero-order valence-corrected chi connectivity index (χ0v) is 34.0. The molecule has 3 heterocycles. The molecule has 0 aromatic carbocycles. The first kappa shape index (κ1) is 45.1. The molecule has 52 heavy (non-hydrogen) atoms. The first-order chi connectivity index (χ1) is 24.0. The monoisotopic (exact) mass is 748 g/mol. The van der Waals surface area contributed by atoms with Gasteiger partial charge in [-0.15, -0.1) is 0 Å². The van der Waals surface area contributed by atoms with Gasteiger partial charge in [-0.1, -0.05) is 27.7 Å². The molecule has 0 bridgehead atoms. The Bertz CT molecular complexity index is 1190. The van der Waals surface area contributed by atoms with Gasteiger partial charge in [-0.05, 0) is 54.4 Å². The number of hydrogen-bond donors (Lipinski definition) is 5. The largest absolute Gasteiger partial charge is 0.459 e. The van der Waals surface area contributed by atoms with Gasteiger partial charge in [-0.2, -0.15) is 0 Å². The number of carbonyl (C=O) groups is 2. The van der Waals surface area contributed by atoms with Gasteiger partial charge < -0.3 is 58.5 Å². The summed E-state index contributed by atoms with van der Waals surface area (Å²) in [6.45, 7) is 17.1. The highest BCUT2D eigenvalue weighted by atomic mass is 16.7. The van der Waals surface area contributed by atoms with E-state index in [1.54, 1.807) is 48.5 Å². The van der Waals surface area contributed by atoms with Gasteiger partial charge in [0.15, 0.2) is 18.7 Å². The summed E-state index contributed by atoms with van der Waals surface area (Å²) in [5.41, 5.74) is -4.23. The Balaban J connectivity index is 2.22. The fourth-order valence-electron chi connectivity index (χ4n) is 8.67. The van der Waals surface area contributed by atoms with E-state index in [9.17, 15) is 30.0 Å². The number of methoxy groups -OCH3 is 2. The van der Waals surface area contributed by atoms with Crippen LogP contribution in [-0.4, -0.2) is 145 Å². The maximum Gasteiger partial charge on any atom is 0.311 e. The number of carbonyl (C=O) groups excluding carboxylic acids is 2. The number of aliphatic hydroxyl groups is 4. The van der Waals surface area contributed by atoms with Crippen molar-refractivity contribution < 1.29 is 68.1 Å². The maximum atomic E-state index is 14.2. The molecule has 3 saturated heterocycles. The van der Waals surface area contributed by atoms with Gasteiger partial charge in [0.05, 0.1) is 61.7 Å². The van der Waals surface area contributed by atoms with Crippen molar-refractivity contribution in [3.8, 4) is 0 Å². The number of hydrogen-bond acceptors (Lipinski definition) is 13. The number of ether oxygens (including phenoxy) is 7. The lowest BCUT2D eigenvalue weighted by Gasteiger charge is -2.49. The van der Waals surface area contributed by atoms with E-state index in [-0.39, 0.29) is 37.2 Å². The van der Waals surface area contributed by atoms with Crippen molar-refractivity contribution in [2.45, 2.75) is 179 Å². The van der Waals surface area contributed by atoms with Crippen molar-refractivity contribution in [1.29, 1.82) is 0 Å². The van der Waals surface area contributed by atoms with Gasteiger partial charge >= 0.3 is 5.97 Å². The molecule has 18 atom stereocenters. The number of cyclic esters (lactones) is 1. The van der Waals surface area contributed by atoms with E-state index in [1.165, 1.54) is 21.1 Å².